The molecule has 0 amide bonds. The Hall–Kier alpha value is -3.29. The number of hydrogen-bond donors (Lipinski definition) is 3. The predicted octanol–water partition coefficient (Wildman–Crippen LogP) is 4.96. The highest BCUT2D eigenvalue weighted by molar-refractivity contribution is 7.51. The zero-order chi connectivity index (χ0) is 30.6. The van der Waals surface area contributed by atoms with Gasteiger partial charge in [0, 0.05) is 11.0 Å². The molecule has 16 heteroatoms. The zero-order valence-corrected chi connectivity index (χ0v) is 25.3. The second-order valence-electron chi connectivity index (χ2n) is 10.9. The summed E-state index contributed by atoms with van der Waals surface area (Å²) < 4.78 is 39.7. The molecule has 6 atom stereocenters. The van der Waals surface area contributed by atoms with Crippen molar-refractivity contribution >= 4 is 24.9 Å². The van der Waals surface area contributed by atoms with Crippen LogP contribution in [0.3, 0.4) is 0 Å². The third-order valence-electron chi connectivity index (χ3n) is 7.54. The Balaban J connectivity index is 1.40. The summed E-state index contributed by atoms with van der Waals surface area (Å²) in [4.78, 5) is 15.7. The number of benzene rings is 1. The quantitative estimate of drug-likeness (QED) is 0.0901. The number of nitrogens with two attached hydrogens (primary N) is 1. The minimum absolute atomic E-state index is 0.00560. The lowest BCUT2D eigenvalue weighted by molar-refractivity contribution is -0.0447. The van der Waals surface area contributed by atoms with Crippen LogP contribution in [0.1, 0.15) is 70.8 Å². The van der Waals surface area contributed by atoms with E-state index in [0.29, 0.717) is 18.5 Å². The average Bonchev–Trinajstić information content (AvgIpc) is 3.64. The molecule has 1 aliphatic heterocycles. The van der Waals surface area contributed by atoms with Crippen LogP contribution in [0.15, 0.2) is 41.8 Å². The first-order valence-corrected chi connectivity index (χ1v) is 16.0. The molecule has 3 unspecified atom stereocenters. The first kappa shape index (κ1) is 31.1. The fourth-order valence-electron chi connectivity index (χ4n) is 5.11. The molecule has 5 rings (SSSR count). The van der Waals surface area contributed by atoms with Gasteiger partial charge in [0.15, 0.2) is 17.4 Å². The number of ether oxygens (including phenoxy) is 2. The standard InChI is InChI=1S/C27H38N9O6P/c1-4-6-12-19(17-10-8-7-9-11-17)42-43(38,33-18-13-14-18)40-15-20-22(37)27(3,34-35-29)25(41-20)36-16-30-21-23(36)31-26(28)32-24(21)39-5-2/h7-11,16,18-20,22,25,37H,4-6,12-15H2,1-3H3,(H,33,38)(H2,28,31,32)/t19?,20-,22-,25?,27-,43?/m1/s1. The third-order valence-corrected chi connectivity index (χ3v) is 9.24. The molecule has 0 spiro atoms. The average molecular weight is 616 g/mol. The van der Waals surface area contributed by atoms with E-state index < -0.39 is 37.8 Å². The molecule has 1 aromatic carbocycles. The molecular formula is C27H38N9O6P. The highest BCUT2D eigenvalue weighted by Gasteiger charge is 2.55. The Morgan fingerprint density at radius 3 is 2.77 bits per heavy atom. The number of anilines is 1. The number of aliphatic hydroxyl groups excluding tert-OH is 1. The highest BCUT2D eigenvalue weighted by atomic mass is 31.2. The van der Waals surface area contributed by atoms with E-state index in [-0.39, 0.29) is 30.1 Å². The number of imidazole rings is 1. The van der Waals surface area contributed by atoms with Gasteiger partial charge in [-0.3, -0.25) is 13.6 Å². The fourth-order valence-corrected chi connectivity index (χ4v) is 6.92. The largest absolute Gasteiger partial charge is 0.476 e. The minimum atomic E-state index is -3.87. The van der Waals surface area contributed by atoms with Crippen LogP contribution in [0, 0.1) is 0 Å². The Kier molecular flexibility index (Phi) is 9.52. The number of aliphatic hydroxyl groups is 1. The maximum Gasteiger partial charge on any atom is 0.406 e. The molecule has 4 N–H and O–H groups in total. The maximum atomic E-state index is 14.1. The van der Waals surface area contributed by atoms with Crippen LogP contribution >= 0.6 is 7.75 Å². The topological polar surface area (TPSA) is 205 Å². The first-order valence-electron chi connectivity index (χ1n) is 14.5. The lowest BCUT2D eigenvalue weighted by Crippen LogP contribution is -2.42. The SMILES string of the molecule is CCCCC(OP(=O)(NC1CC1)OC[C@H]1OC(n2cnc3c(OCC)nc(N)nc32)[C@](C)(N=[N+]=[N-])[C@@H]1O)c1ccccc1. The Morgan fingerprint density at radius 2 is 2.09 bits per heavy atom. The van der Waals surface area contributed by atoms with E-state index in [0.717, 1.165) is 31.2 Å². The van der Waals surface area contributed by atoms with E-state index in [1.165, 1.54) is 10.9 Å². The van der Waals surface area contributed by atoms with Crippen LogP contribution in [0.2, 0.25) is 0 Å². The summed E-state index contributed by atoms with van der Waals surface area (Å²) in [5.74, 6) is 0.134. The molecule has 2 aromatic heterocycles. The normalized spacial score (nSPS) is 25.7. The van der Waals surface area contributed by atoms with Gasteiger partial charge in [0.2, 0.25) is 11.8 Å². The van der Waals surface area contributed by atoms with Crippen molar-refractivity contribution in [1.82, 2.24) is 24.6 Å². The second kappa shape index (κ2) is 13.1. The molecule has 232 valence electrons. The van der Waals surface area contributed by atoms with Gasteiger partial charge in [0.05, 0.1) is 31.7 Å². The van der Waals surface area contributed by atoms with E-state index in [2.05, 4.69) is 37.0 Å². The molecule has 0 radical (unpaired) electrons. The molecule has 2 aliphatic rings. The van der Waals surface area contributed by atoms with Gasteiger partial charge in [0.1, 0.15) is 11.6 Å². The molecule has 2 fully saturated rings. The molecule has 1 aliphatic carbocycles. The zero-order valence-electron chi connectivity index (χ0n) is 24.4. The molecule has 43 heavy (non-hydrogen) atoms. The van der Waals surface area contributed by atoms with Crippen LogP contribution < -0.4 is 15.6 Å². The van der Waals surface area contributed by atoms with E-state index in [1.54, 1.807) is 13.8 Å². The Bertz CT molecular complexity index is 1500. The number of unbranched alkanes of at least 4 members (excludes halogenated alkanes) is 1. The van der Waals surface area contributed by atoms with E-state index in [4.69, 9.17) is 24.3 Å². The number of rotatable bonds is 15. The summed E-state index contributed by atoms with van der Waals surface area (Å²) in [6.45, 7) is 5.45. The summed E-state index contributed by atoms with van der Waals surface area (Å²) in [5, 5.41) is 18.4. The smallest absolute Gasteiger partial charge is 0.406 e. The van der Waals surface area contributed by atoms with Gasteiger partial charge in [-0.05, 0) is 44.2 Å². The van der Waals surface area contributed by atoms with Gasteiger partial charge in [-0.1, -0.05) is 55.2 Å². The van der Waals surface area contributed by atoms with Crippen molar-refractivity contribution in [3.05, 3.63) is 52.7 Å². The monoisotopic (exact) mass is 615 g/mol. The number of nitrogens with zero attached hydrogens (tertiary/aromatic N) is 7. The number of nitrogens with one attached hydrogen (secondary N) is 1. The molecular weight excluding hydrogens is 577 g/mol. The molecule has 3 heterocycles. The molecule has 3 aromatic rings. The molecule has 0 bridgehead atoms. The molecule has 1 saturated carbocycles. The molecule has 15 nitrogen and oxygen atoms in total. The fraction of sp³-hybridized carbons (Fsp3) is 0.593. The number of aromatic nitrogens is 4. The molecule has 1 saturated heterocycles. The van der Waals surface area contributed by atoms with Gasteiger partial charge >= 0.3 is 7.75 Å². The highest BCUT2D eigenvalue weighted by Crippen LogP contribution is 2.53. The van der Waals surface area contributed by atoms with Crippen molar-refractivity contribution in [1.29, 1.82) is 0 Å². The van der Waals surface area contributed by atoms with Crippen molar-refractivity contribution in [3.63, 3.8) is 0 Å². The van der Waals surface area contributed by atoms with E-state index >= 15 is 0 Å². The van der Waals surface area contributed by atoms with Crippen LogP contribution in [0.5, 0.6) is 5.88 Å². The van der Waals surface area contributed by atoms with Crippen molar-refractivity contribution in [2.24, 2.45) is 5.11 Å². The van der Waals surface area contributed by atoms with Gasteiger partial charge in [0.25, 0.3) is 0 Å². The third kappa shape index (κ3) is 6.78. The summed E-state index contributed by atoms with van der Waals surface area (Å²) in [6, 6.07) is 9.61. The van der Waals surface area contributed by atoms with Crippen LogP contribution in [-0.2, 0) is 18.3 Å². The van der Waals surface area contributed by atoms with Gasteiger partial charge in [-0.25, -0.2) is 14.6 Å². The van der Waals surface area contributed by atoms with Crippen molar-refractivity contribution in [3.8, 4) is 5.88 Å². The summed E-state index contributed by atoms with van der Waals surface area (Å²) >= 11 is 0. The number of fused-ring (bicyclic) bond motifs is 1. The van der Waals surface area contributed by atoms with Crippen molar-refractivity contribution in [2.45, 2.75) is 89.0 Å². The van der Waals surface area contributed by atoms with Crippen molar-refractivity contribution in [2.75, 3.05) is 18.9 Å². The van der Waals surface area contributed by atoms with Gasteiger partial charge in [-0.15, -0.1) is 0 Å². The number of hydrogen-bond acceptors (Lipinski definition) is 11. The lowest BCUT2D eigenvalue weighted by Gasteiger charge is -2.28. The minimum Gasteiger partial charge on any atom is -0.476 e. The summed E-state index contributed by atoms with van der Waals surface area (Å²) in [7, 11) is -3.87. The van der Waals surface area contributed by atoms with E-state index in [1.807, 2.05) is 30.3 Å². The maximum absolute atomic E-state index is 14.1. The Morgan fingerprint density at radius 1 is 1.33 bits per heavy atom. The second-order valence-corrected chi connectivity index (χ2v) is 12.6. The van der Waals surface area contributed by atoms with Gasteiger partial charge in [-0.2, -0.15) is 9.97 Å². The van der Waals surface area contributed by atoms with Crippen molar-refractivity contribution < 1.29 is 28.2 Å². The first-order chi connectivity index (χ1) is 20.7. The Labute approximate surface area is 249 Å². The number of azide groups is 1. The van der Waals surface area contributed by atoms with Gasteiger partial charge < -0.3 is 20.3 Å². The van der Waals surface area contributed by atoms with Crippen LogP contribution in [-0.4, -0.2) is 61.6 Å². The van der Waals surface area contributed by atoms with E-state index in [9.17, 15) is 15.2 Å². The summed E-state index contributed by atoms with van der Waals surface area (Å²) in [5.41, 5.74) is 15.3. The number of nitrogen functional groups attached to an aromatic ring is 1. The van der Waals surface area contributed by atoms with Crippen LogP contribution in [0.25, 0.3) is 21.6 Å². The van der Waals surface area contributed by atoms with Crippen LogP contribution in [0.4, 0.5) is 5.95 Å². The lowest BCUT2D eigenvalue weighted by atomic mass is 9.93. The predicted molar refractivity (Wildman–Crippen MR) is 158 cm³/mol. The summed E-state index contributed by atoms with van der Waals surface area (Å²) in [6.07, 6.45) is 1.67.